The van der Waals surface area contributed by atoms with Crippen molar-refractivity contribution in [1.82, 2.24) is 10.0 Å². The van der Waals surface area contributed by atoms with Crippen molar-refractivity contribution < 1.29 is 27.9 Å². The largest absolute Gasteiger partial charge is 0.293 e. The van der Waals surface area contributed by atoms with Gasteiger partial charge in [0, 0.05) is 19.5 Å². The number of rotatable bonds is 11. The molecule has 0 fully saturated rings. The number of hydrogen-bond donors (Lipinski definition) is 2. The van der Waals surface area contributed by atoms with Gasteiger partial charge in [0.2, 0.25) is 10.0 Å². The Morgan fingerprint density at radius 2 is 1.32 bits per heavy atom. The second-order valence-corrected chi connectivity index (χ2v) is 11.2. The molecule has 0 aliphatic rings. The Balaban J connectivity index is 0.00000380. The summed E-state index contributed by atoms with van der Waals surface area (Å²) < 4.78 is 30.0. The Labute approximate surface area is 238 Å². The number of aryl methyl sites for hydroxylation is 2. The maximum atomic E-state index is 13.5. The molecule has 0 unspecified atom stereocenters. The van der Waals surface area contributed by atoms with Crippen LogP contribution in [0.25, 0.3) is 0 Å². The molecule has 0 saturated heterocycles. The Morgan fingerprint density at radius 1 is 0.784 bits per heavy atom. The zero-order valence-electron chi connectivity index (χ0n) is 20.6. The first-order valence-corrected chi connectivity index (χ1v) is 13.9. The van der Waals surface area contributed by atoms with Crippen molar-refractivity contribution in [3.63, 3.8) is 0 Å². The van der Waals surface area contributed by atoms with Gasteiger partial charge in [-0.3, -0.25) is 5.32 Å². The van der Waals surface area contributed by atoms with E-state index in [0.717, 1.165) is 29.5 Å². The van der Waals surface area contributed by atoms with Crippen molar-refractivity contribution in [2.24, 2.45) is 0 Å². The normalized spacial score (nSPS) is 13.8. The number of benzene rings is 4. The summed E-state index contributed by atoms with van der Waals surface area (Å²) in [6, 6.07) is 35.4. The van der Waals surface area contributed by atoms with E-state index in [2.05, 4.69) is 22.2 Å². The number of hydrogen-bond acceptors (Lipinski definition) is 3. The third kappa shape index (κ3) is 7.59. The van der Waals surface area contributed by atoms with E-state index >= 15 is 0 Å². The average molecular weight is 620 g/mol. The van der Waals surface area contributed by atoms with Crippen LogP contribution in [0.15, 0.2) is 120 Å². The van der Waals surface area contributed by atoms with Crippen molar-refractivity contribution in [3.05, 3.63) is 138 Å². The van der Waals surface area contributed by atoms with Gasteiger partial charge in [-0.2, -0.15) is 0 Å². The third-order valence-corrected chi connectivity index (χ3v) is 8.21. The molecule has 37 heavy (non-hydrogen) atoms. The molecule has 0 aliphatic carbocycles. The molecule has 0 spiro atoms. The number of sulfonamides is 1. The van der Waals surface area contributed by atoms with Crippen LogP contribution in [0, 0.1) is 6.92 Å². The molecular formula is C30H31ClN2O2RuS. The van der Waals surface area contributed by atoms with Crippen LogP contribution in [0.2, 0.25) is 0 Å². The minimum Gasteiger partial charge on any atom is -0.293 e. The van der Waals surface area contributed by atoms with Crippen LogP contribution < -0.4 is 10.0 Å². The summed E-state index contributed by atoms with van der Waals surface area (Å²) in [5.74, 6) is 0. The molecule has 0 radical (unpaired) electrons. The first-order valence-electron chi connectivity index (χ1n) is 12.1. The predicted octanol–water partition coefficient (Wildman–Crippen LogP) is 6.33. The van der Waals surface area contributed by atoms with E-state index in [0.29, 0.717) is 6.54 Å². The van der Waals surface area contributed by atoms with Crippen molar-refractivity contribution in [2.45, 2.75) is 35.7 Å². The van der Waals surface area contributed by atoms with Gasteiger partial charge in [-0.1, -0.05) is 120 Å². The molecular weight excluding hydrogens is 589 g/mol. The van der Waals surface area contributed by atoms with E-state index in [9.17, 15) is 8.42 Å². The van der Waals surface area contributed by atoms with E-state index in [-0.39, 0.29) is 24.4 Å². The third-order valence-electron chi connectivity index (χ3n) is 6.20. The molecule has 0 aliphatic heterocycles. The van der Waals surface area contributed by atoms with Gasteiger partial charge in [0.15, 0.2) is 0 Å². The van der Waals surface area contributed by atoms with Crippen molar-refractivity contribution in [3.8, 4) is 0 Å². The monoisotopic (exact) mass is 620 g/mol. The molecule has 4 aromatic carbocycles. The smallest absolute Gasteiger partial charge is 0.241 e. The molecule has 0 heterocycles. The van der Waals surface area contributed by atoms with Gasteiger partial charge in [0.05, 0.1) is 10.9 Å². The topological polar surface area (TPSA) is 58.2 Å². The molecule has 7 heteroatoms. The second-order valence-electron chi connectivity index (χ2n) is 8.87. The minimum atomic E-state index is -3.86. The SMILES string of the molecule is Cc1ccc(S(=O)(=O)N[C@H](c2ccccc2)[C@@](Cl)(NCCCc2ccccc2)c2ccccc2)cc1.[Ru]. The molecule has 0 saturated carbocycles. The zero-order valence-corrected chi connectivity index (χ0v) is 23.9. The van der Waals surface area contributed by atoms with Crippen LogP contribution in [0.1, 0.15) is 34.7 Å². The fourth-order valence-electron chi connectivity index (χ4n) is 4.22. The van der Waals surface area contributed by atoms with Crippen LogP contribution in [-0.2, 0) is 40.9 Å². The summed E-state index contributed by atoms with van der Waals surface area (Å²) >= 11 is 7.43. The van der Waals surface area contributed by atoms with E-state index in [1.54, 1.807) is 24.3 Å². The number of halogens is 1. The standard InChI is InChI=1S/C30H31ClN2O2S.Ru/c1-24-19-21-28(22-20-24)36(34,35)33-29(26-15-7-3-8-16-26)30(31,27-17-9-4-10-18-27)32-23-11-14-25-12-5-2-6-13-25;/h2-10,12-13,15-22,29,32-33H,11,14,23H2,1H3;/t29-,30+;/m1./s1. The van der Waals surface area contributed by atoms with Gasteiger partial charge in [-0.25, -0.2) is 13.1 Å². The molecule has 194 valence electrons. The number of nitrogens with one attached hydrogen (secondary N) is 2. The quantitative estimate of drug-likeness (QED) is 0.0893. The molecule has 0 amide bonds. The maximum Gasteiger partial charge on any atom is 0.241 e. The van der Waals surface area contributed by atoms with Crippen LogP contribution >= 0.6 is 11.6 Å². The fourth-order valence-corrected chi connectivity index (χ4v) is 5.94. The van der Waals surface area contributed by atoms with E-state index in [1.807, 2.05) is 85.8 Å². The van der Waals surface area contributed by atoms with Crippen LogP contribution in [0.3, 0.4) is 0 Å². The average Bonchev–Trinajstić information content (AvgIpc) is 2.91. The molecule has 2 atom stereocenters. The molecule has 4 aromatic rings. The van der Waals surface area contributed by atoms with E-state index in [4.69, 9.17) is 11.6 Å². The Kier molecular flexibility index (Phi) is 10.6. The van der Waals surface area contributed by atoms with E-state index < -0.39 is 21.1 Å². The first kappa shape index (κ1) is 29.2. The second kappa shape index (κ2) is 13.5. The van der Waals surface area contributed by atoms with Gasteiger partial charge in [-0.05, 0) is 55.1 Å². The predicted molar refractivity (Wildman–Crippen MR) is 147 cm³/mol. The molecule has 2 N–H and O–H groups in total. The van der Waals surface area contributed by atoms with Crippen molar-refractivity contribution >= 4 is 21.6 Å². The van der Waals surface area contributed by atoms with Gasteiger partial charge in [0.25, 0.3) is 0 Å². The Hall–Kier alpha value is -2.34. The van der Waals surface area contributed by atoms with Crippen LogP contribution in [0.5, 0.6) is 0 Å². The van der Waals surface area contributed by atoms with E-state index in [1.165, 1.54) is 5.56 Å². The molecule has 0 bridgehead atoms. The first-order chi connectivity index (χ1) is 17.4. The van der Waals surface area contributed by atoms with Crippen molar-refractivity contribution in [2.75, 3.05) is 6.54 Å². The summed E-state index contributed by atoms with van der Waals surface area (Å²) in [4.78, 5) is -1.03. The van der Waals surface area contributed by atoms with Gasteiger partial charge >= 0.3 is 0 Å². The van der Waals surface area contributed by atoms with Gasteiger partial charge in [0.1, 0.15) is 5.00 Å². The Morgan fingerprint density at radius 3 is 1.92 bits per heavy atom. The van der Waals surface area contributed by atoms with Gasteiger partial charge < -0.3 is 0 Å². The van der Waals surface area contributed by atoms with Crippen LogP contribution in [0.4, 0.5) is 0 Å². The molecule has 4 rings (SSSR count). The zero-order chi connectivity index (χ0) is 25.4. The van der Waals surface area contributed by atoms with Crippen LogP contribution in [-0.4, -0.2) is 15.0 Å². The summed E-state index contributed by atoms with van der Waals surface area (Å²) in [5.41, 5.74) is 3.79. The molecule has 0 aromatic heterocycles. The summed E-state index contributed by atoms with van der Waals surface area (Å²) in [6.45, 7) is 2.53. The summed E-state index contributed by atoms with van der Waals surface area (Å²) in [7, 11) is -3.86. The summed E-state index contributed by atoms with van der Waals surface area (Å²) in [6.07, 6.45) is 1.73. The number of alkyl halides is 1. The van der Waals surface area contributed by atoms with Crippen molar-refractivity contribution in [1.29, 1.82) is 0 Å². The summed E-state index contributed by atoms with van der Waals surface area (Å²) in [5, 5.41) is 3.50. The van der Waals surface area contributed by atoms with Gasteiger partial charge in [-0.15, -0.1) is 0 Å². The molecule has 4 nitrogen and oxygen atoms in total. The fraction of sp³-hybridized carbons (Fsp3) is 0.200. The minimum absolute atomic E-state index is 0. The Bertz CT molecular complexity index is 1340. The maximum absolute atomic E-state index is 13.5.